The Morgan fingerprint density at radius 1 is 0.907 bits per heavy atom. The number of halogens is 2. The Labute approximate surface area is 255 Å². The number of anilines is 3. The minimum Gasteiger partial charge on any atom is -0.493 e. The van der Waals surface area contributed by atoms with Gasteiger partial charge in [-0.1, -0.05) is 35.3 Å². The first-order chi connectivity index (χ1) is 20.6. The number of carboxylic acid groups (broad SMARTS) is 1. The van der Waals surface area contributed by atoms with Crippen LogP contribution in [0.5, 0.6) is 17.2 Å². The van der Waals surface area contributed by atoms with Crippen LogP contribution in [0.3, 0.4) is 0 Å². The number of rotatable bonds is 13. The molecule has 3 aromatic carbocycles. The summed E-state index contributed by atoms with van der Waals surface area (Å²) in [6, 6.07) is 9.93. The van der Waals surface area contributed by atoms with E-state index in [4.69, 9.17) is 37.4 Å². The molecule has 0 fully saturated rings. The highest BCUT2D eigenvalue weighted by molar-refractivity contribution is 6.36. The third-order valence-corrected chi connectivity index (χ3v) is 6.89. The van der Waals surface area contributed by atoms with Crippen LogP contribution in [0.25, 0.3) is 0 Å². The number of carbonyl (C=O) groups is 2. The van der Waals surface area contributed by atoms with Gasteiger partial charge in [-0.3, -0.25) is 14.4 Å². The van der Waals surface area contributed by atoms with Crippen LogP contribution in [0.1, 0.15) is 21.6 Å². The SMILES string of the molecule is COc1cc(CNc2c(N[C@@H](Cc3ccc(NC(=O)c4ncc(Cl)cc4Cl)cc3)C(=O)O)c(=O)c2=O)cc(OC)c1OC. The molecule has 0 aliphatic rings. The van der Waals surface area contributed by atoms with Gasteiger partial charge in [-0.25, -0.2) is 9.78 Å². The number of hydrogen-bond acceptors (Lipinski definition) is 10. The highest BCUT2D eigenvalue weighted by Gasteiger charge is 2.27. The number of nitrogens with zero attached hydrogens (tertiary/aromatic N) is 1. The Hall–Kier alpha value is -4.81. The summed E-state index contributed by atoms with van der Waals surface area (Å²) in [4.78, 5) is 53.2. The Morgan fingerprint density at radius 3 is 2.09 bits per heavy atom. The van der Waals surface area contributed by atoms with Crippen LogP contribution >= 0.6 is 23.2 Å². The highest BCUT2D eigenvalue weighted by atomic mass is 35.5. The molecule has 4 rings (SSSR count). The summed E-state index contributed by atoms with van der Waals surface area (Å²) in [7, 11) is 4.41. The van der Waals surface area contributed by atoms with Gasteiger partial charge in [0.25, 0.3) is 16.8 Å². The molecular formula is C29H26Cl2N4O8. The van der Waals surface area contributed by atoms with E-state index in [1.54, 1.807) is 36.4 Å². The molecule has 0 radical (unpaired) electrons. The van der Waals surface area contributed by atoms with Gasteiger partial charge in [0.05, 0.1) is 31.4 Å². The van der Waals surface area contributed by atoms with E-state index in [-0.39, 0.29) is 40.1 Å². The van der Waals surface area contributed by atoms with E-state index in [0.29, 0.717) is 34.1 Å². The fourth-order valence-corrected chi connectivity index (χ4v) is 4.70. The average molecular weight is 629 g/mol. The number of aromatic nitrogens is 1. The largest absolute Gasteiger partial charge is 0.493 e. The molecule has 1 amide bonds. The summed E-state index contributed by atoms with van der Waals surface area (Å²) in [5, 5.41) is 18.5. The number of ether oxygens (including phenoxy) is 3. The molecule has 0 unspecified atom stereocenters. The molecule has 4 N–H and O–H groups in total. The number of aliphatic carboxylic acids is 1. The minimum atomic E-state index is -1.23. The first kappa shape index (κ1) is 31.1. The number of carboxylic acids is 1. The van der Waals surface area contributed by atoms with Crippen LogP contribution in [0, 0.1) is 0 Å². The number of hydrogen-bond donors (Lipinski definition) is 4. The molecule has 0 saturated carbocycles. The standard InChI is InChI=1S/C29H26Cl2N4O8/c1-41-20-9-15(10-21(42-2)27(20)43-3)12-32-23-24(26(37)25(23)36)35-19(29(39)40)8-14-4-6-17(7-5-14)34-28(38)22-18(31)11-16(30)13-33-22/h4-7,9-11,13,19,32,35H,8,12H2,1-3H3,(H,34,38)(H,39,40)/t19-/m0/s1. The molecule has 224 valence electrons. The average Bonchev–Trinajstić information content (AvgIpc) is 2.99. The van der Waals surface area contributed by atoms with Crippen molar-refractivity contribution in [1.29, 1.82) is 0 Å². The fraction of sp³-hybridized carbons (Fsp3) is 0.207. The number of amides is 1. The quantitative estimate of drug-likeness (QED) is 0.158. The second-order valence-corrected chi connectivity index (χ2v) is 10.0. The van der Waals surface area contributed by atoms with E-state index in [2.05, 4.69) is 20.9 Å². The molecule has 4 aromatic rings. The summed E-state index contributed by atoms with van der Waals surface area (Å²) in [6.45, 7) is 0.109. The Morgan fingerprint density at radius 2 is 1.53 bits per heavy atom. The van der Waals surface area contributed by atoms with Gasteiger partial charge in [0.1, 0.15) is 23.1 Å². The first-order valence-corrected chi connectivity index (χ1v) is 13.4. The molecule has 12 nitrogen and oxygen atoms in total. The molecule has 1 aromatic heterocycles. The number of carbonyl (C=O) groups excluding carboxylic acids is 1. The van der Waals surface area contributed by atoms with Crippen LogP contribution in [-0.4, -0.2) is 49.3 Å². The van der Waals surface area contributed by atoms with E-state index in [9.17, 15) is 24.3 Å². The zero-order valence-electron chi connectivity index (χ0n) is 23.1. The summed E-state index contributed by atoms with van der Waals surface area (Å²) in [6.07, 6.45) is 1.27. The van der Waals surface area contributed by atoms with Crippen molar-refractivity contribution in [2.45, 2.75) is 19.0 Å². The molecule has 43 heavy (non-hydrogen) atoms. The normalized spacial score (nSPS) is 11.5. The van der Waals surface area contributed by atoms with Gasteiger partial charge in [0, 0.05) is 24.8 Å². The van der Waals surface area contributed by atoms with Crippen molar-refractivity contribution in [2.24, 2.45) is 0 Å². The van der Waals surface area contributed by atoms with Gasteiger partial charge < -0.3 is 35.3 Å². The van der Waals surface area contributed by atoms with Crippen molar-refractivity contribution in [2.75, 3.05) is 37.3 Å². The van der Waals surface area contributed by atoms with Gasteiger partial charge in [-0.05, 0) is 41.5 Å². The van der Waals surface area contributed by atoms with Crippen LogP contribution in [0.2, 0.25) is 10.0 Å². The molecule has 14 heteroatoms. The molecule has 0 spiro atoms. The lowest BCUT2D eigenvalue weighted by Crippen LogP contribution is -2.42. The van der Waals surface area contributed by atoms with E-state index in [1.807, 2.05) is 0 Å². The van der Waals surface area contributed by atoms with Crippen molar-refractivity contribution in [1.82, 2.24) is 4.98 Å². The molecule has 1 atom stereocenters. The molecule has 0 bridgehead atoms. The lowest BCUT2D eigenvalue weighted by Gasteiger charge is -2.20. The van der Waals surface area contributed by atoms with Crippen molar-refractivity contribution < 1.29 is 28.9 Å². The number of methoxy groups -OCH3 is 3. The van der Waals surface area contributed by atoms with E-state index >= 15 is 0 Å². The van der Waals surface area contributed by atoms with Gasteiger partial charge >= 0.3 is 5.97 Å². The number of pyridine rings is 1. The number of benzene rings is 2. The second-order valence-electron chi connectivity index (χ2n) is 9.17. The minimum absolute atomic E-state index is 0.00653. The summed E-state index contributed by atoms with van der Waals surface area (Å²) >= 11 is 11.9. The Kier molecular flexibility index (Phi) is 9.73. The van der Waals surface area contributed by atoms with Crippen molar-refractivity contribution >= 4 is 52.1 Å². The van der Waals surface area contributed by atoms with Gasteiger partial charge in [0.15, 0.2) is 11.5 Å². The monoisotopic (exact) mass is 628 g/mol. The van der Waals surface area contributed by atoms with Gasteiger partial charge in [-0.15, -0.1) is 0 Å². The Bertz CT molecular complexity index is 1710. The summed E-state index contributed by atoms with van der Waals surface area (Å²) in [5.41, 5.74) is -0.0925. The molecule has 0 saturated heterocycles. The third-order valence-electron chi connectivity index (χ3n) is 6.40. The highest BCUT2D eigenvalue weighted by Crippen LogP contribution is 2.38. The Balaban J connectivity index is 1.44. The zero-order chi connectivity index (χ0) is 31.3. The van der Waals surface area contributed by atoms with E-state index < -0.39 is 28.8 Å². The number of nitrogens with one attached hydrogen (secondary N) is 3. The molecule has 1 heterocycles. The van der Waals surface area contributed by atoms with Gasteiger partial charge in [0.2, 0.25) is 5.75 Å². The van der Waals surface area contributed by atoms with Gasteiger partial charge in [-0.2, -0.15) is 0 Å². The summed E-state index contributed by atoms with van der Waals surface area (Å²) < 4.78 is 16.0. The van der Waals surface area contributed by atoms with Crippen molar-refractivity contribution in [3.8, 4) is 17.2 Å². The van der Waals surface area contributed by atoms with Crippen molar-refractivity contribution in [3.05, 3.63) is 96.0 Å². The first-order valence-electron chi connectivity index (χ1n) is 12.6. The lowest BCUT2D eigenvalue weighted by molar-refractivity contribution is -0.137. The topological polar surface area (TPSA) is 165 Å². The predicted octanol–water partition coefficient (Wildman–Crippen LogP) is 3.98. The van der Waals surface area contributed by atoms with Crippen LogP contribution in [-0.2, 0) is 17.8 Å². The molecular weight excluding hydrogens is 603 g/mol. The second kappa shape index (κ2) is 13.4. The third kappa shape index (κ3) is 6.99. The predicted molar refractivity (Wildman–Crippen MR) is 162 cm³/mol. The lowest BCUT2D eigenvalue weighted by atomic mass is 10.0. The molecule has 0 aliphatic heterocycles. The van der Waals surface area contributed by atoms with E-state index in [0.717, 1.165) is 0 Å². The van der Waals surface area contributed by atoms with Crippen molar-refractivity contribution in [3.63, 3.8) is 0 Å². The smallest absolute Gasteiger partial charge is 0.326 e. The van der Waals surface area contributed by atoms with E-state index in [1.165, 1.54) is 33.6 Å². The van der Waals surface area contributed by atoms with Crippen LogP contribution in [0.15, 0.2) is 58.3 Å². The van der Waals surface area contributed by atoms with Crippen LogP contribution < -0.4 is 41.0 Å². The fourth-order valence-electron chi connectivity index (χ4n) is 4.23. The van der Waals surface area contributed by atoms with Crippen LogP contribution in [0.4, 0.5) is 17.1 Å². The zero-order valence-corrected chi connectivity index (χ0v) is 24.6. The summed E-state index contributed by atoms with van der Waals surface area (Å²) in [5.74, 6) is -0.573. The maximum absolute atomic E-state index is 12.5. The maximum Gasteiger partial charge on any atom is 0.326 e. The maximum atomic E-state index is 12.5. The molecule has 0 aliphatic carbocycles.